The van der Waals surface area contributed by atoms with Gasteiger partial charge in [0.1, 0.15) is 0 Å². The molecule has 1 aromatic carbocycles. The molecule has 0 amide bonds. The molecule has 0 fully saturated rings. The Labute approximate surface area is 72.0 Å². The quantitative estimate of drug-likeness (QED) is 0.613. The third-order valence-corrected chi connectivity index (χ3v) is 3.68. The van der Waals surface area contributed by atoms with Crippen LogP contribution in [0.4, 0.5) is 0 Å². The van der Waals surface area contributed by atoms with Crippen LogP contribution in [0.5, 0.6) is 0 Å². The number of rotatable bonds is 1. The van der Waals surface area contributed by atoms with E-state index < -0.39 is 0 Å². The Kier molecular flexibility index (Phi) is 1.91. The highest BCUT2D eigenvalue weighted by Gasteiger charge is 2.19. The first-order chi connectivity index (χ1) is 5.42. The van der Waals surface area contributed by atoms with Crippen LogP contribution in [0.3, 0.4) is 0 Å². The molecular weight excluding hydrogens is 152 g/mol. The molecule has 1 aliphatic heterocycles. The molecule has 58 valence electrons. The van der Waals surface area contributed by atoms with Gasteiger partial charge >= 0.3 is 0 Å². The van der Waals surface area contributed by atoms with Gasteiger partial charge in [0.25, 0.3) is 0 Å². The van der Waals surface area contributed by atoms with Gasteiger partial charge in [0.15, 0.2) is 0 Å². The predicted octanol–water partition coefficient (Wildman–Crippen LogP) is 3.38. The van der Waals surface area contributed by atoms with Gasteiger partial charge in [0.2, 0.25) is 0 Å². The van der Waals surface area contributed by atoms with Crippen LogP contribution >= 0.6 is 11.8 Å². The fraction of sp³-hybridized carbons (Fsp3) is 0.400. The standard InChI is InChI=1S/C10H12S/c1-2-10-9-6-4-3-5-8(9)7-11-10/h3-6,10H,2,7H2,1H3. The second-order valence-corrected chi connectivity index (χ2v) is 4.10. The molecular formula is C10H12S. The van der Waals surface area contributed by atoms with E-state index in [1.165, 1.54) is 12.2 Å². The van der Waals surface area contributed by atoms with Gasteiger partial charge in [-0.25, -0.2) is 0 Å². The molecule has 0 saturated carbocycles. The Morgan fingerprint density at radius 1 is 1.45 bits per heavy atom. The maximum absolute atomic E-state index is 2.27. The Morgan fingerprint density at radius 2 is 2.27 bits per heavy atom. The summed E-state index contributed by atoms with van der Waals surface area (Å²) in [5.41, 5.74) is 3.12. The van der Waals surface area contributed by atoms with Crippen molar-refractivity contribution in [2.75, 3.05) is 0 Å². The lowest BCUT2D eigenvalue weighted by Crippen LogP contribution is -1.86. The third-order valence-electron chi connectivity index (χ3n) is 2.21. The zero-order chi connectivity index (χ0) is 7.68. The molecule has 1 aliphatic rings. The first-order valence-electron chi connectivity index (χ1n) is 4.11. The van der Waals surface area contributed by atoms with E-state index in [1.807, 2.05) is 0 Å². The van der Waals surface area contributed by atoms with Crippen molar-refractivity contribution in [2.45, 2.75) is 24.3 Å². The molecule has 0 bridgehead atoms. The fourth-order valence-electron chi connectivity index (χ4n) is 1.60. The number of fused-ring (bicyclic) bond motifs is 1. The number of hydrogen-bond acceptors (Lipinski definition) is 1. The second kappa shape index (κ2) is 2.90. The van der Waals surface area contributed by atoms with Crippen LogP contribution in [0.15, 0.2) is 24.3 Å². The van der Waals surface area contributed by atoms with E-state index in [0.29, 0.717) is 0 Å². The first-order valence-corrected chi connectivity index (χ1v) is 5.16. The summed E-state index contributed by atoms with van der Waals surface area (Å²) in [5, 5.41) is 0.770. The molecule has 1 atom stereocenters. The zero-order valence-electron chi connectivity index (χ0n) is 6.71. The molecule has 11 heavy (non-hydrogen) atoms. The van der Waals surface area contributed by atoms with Crippen LogP contribution in [0, 0.1) is 0 Å². The number of hydrogen-bond donors (Lipinski definition) is 0. The summed E-state index contributed by atoms with van der Waals surface area (Å²) in [7, 11) is 0. The molecule has 0 nitrogen and oxygen atoms in total. The van der Waals surface area contributed by atoms with Gasteiger partial charge in [-0.1, -0.05) is 31.2 Å². The Balaban J connectivity index is 2.39. The molecule has 0 N–H and O–H groups in total. The van der Waals surface area contributed by atoms with Crippen molar-refractivity contribution in [2.24, 2.45) is 0 Å². The lowest BCUT2D eigenvalue weighted by Gasteiger charge is -2.05. The highest BCUT2D eigenvalue weighted by molar-refractivity contribution is 7.99. The fourth-order valence-corrected chi connectivity index (χ4v) is 2.89. The van der Waals surface area contributed by atoms with E-state index >= 15 is 0 Å². The van der Waals surface area contributed by atoms with Crippen LogP contribution in [-0.4, -0.2) is 0 Å². The summed E-state index contributed by atoms with van der Waals surface area (Å²) in [6.45, 7) is 2.26. The highest BCUT2D eigenvalue weighted by Crippen LogP contribution is 2.43. The molecule has 1 unspecified atom stereocenters. The average Bonchev–Trinajstić information content (AvgIpc) is 2.47. The predicted molar refractivity (Wildman–Crippen MR) is 50.8 cm³/mol. The summed E-state index contributed by atoms with van der Waals surface area (Å²) in [5.74, 6) is 1.22. The minimum atomic E-state index is 0.770. The van der Waals surface area contributed by atoms with Gasteiger partial charge in [0.05, 0.1) is 0 Å². The molecule has 0 aliphatic carbocycles. The smallest absolute Gasteiger partial charge is 0.0301 e. The SMILES string of the molecule is CCC1SCc2ccccc21. The highest BCUT2D eigenvalue weighted by atomic mass is 32.2. The summed E-state index contributed by atoms with van der Waals surface area (Å²) in [6.07, 6.45) is 1.27. The van der Waals surface area contributed by atoms with Crippen molar-refractivity contribution in [1.82, 2.24) is 0 Å². The van der Waals surface area contributed by atoms with Gasteiger partial charge in [-0.3, -0.25) is 0 Å². The molecule has 2 rings (SSSR count). The lowest BCUT2D eigenvalue weighted by atomic mass is 10.1. The lowest BCUT2D eigenvalue weighted by molar-refractivity contribution is 0.904. The second-order valence-electron chi connectivity index (χ2n) is 2.91. The van der Waals surface area contributed by atoms with E-state index in [4.69, 9.17) is 0 Å². The van der Waals surface area contributed by atoms with Crippen molar-refractivity contribution >= 4 is 11.8 Å². The average molecular weight is 164 g/mol. The topological polar surface area (TPSA) is 0 Å². The van der Waals surface area contributed by atoms with Crippen molar-refractivity contribution in [3.63, 3.8) is 0 Å². The maximum atomic E-state index is 2.27. The first kappa shape index (κ1) is 7.23. The Bertz CT molecular complexity index is 255. The van der Waals surface area contributed by atoms with Crippen LogP contribution in [0.2, 0.25) is 0 Å². The maximum Gasteiger partial charge on any atom is 0.0301 e. The molecule has 1 heterocycles. The minimum Gasteiger partial charge on any atom is -0.149 e. The monoisotopic (exact) mass is 164 g/mol. The molecule has 0 spiro atoms. The summed E-state index contributed by atoms with van der Waals surface area (Å²) in [6, 6.07) is 8.80. The molecule has 0 radical (unpaired) electrons. The van der Waals surface area contributed by atoms with Crippen molar-refractivity contribution in [1.29, 1.82) is 0 Å². The van der Waals surface area contributed by atoms with Gasteiger partial charge < -0.3 is 0 Å². The Morgan fingerprint density at radius 3 is 3.09 bits per heavy atom. The molecule has 1 heteroatoms. The van der Waals surface area contributed by atoms with Crippen molar-refractivity contribution < 1.29 is 0 Å². The van der Waals surface area contributed by atoms with E-state index in [1.54, 1.807) is 11.1 Å². The van der Waals surface area contributed by atoms with Crippen LogP contribution < -0.4 is 0 Å². The van der Waals surface area contributed by atoms with Crippen molar-refractivity contribution in [3.8, 4) is 0 Å². The third kappa shape index (κ3) is 1.18. The van der Waals surface area contributed by atoms with E-state index in [-0.39, 0.29) is 0 Å². The molecule has 1 aromatic rings. The van der Waals surface area contributed by atoms with E-state index in [9.17, 15) is 0 Å². The Hall–Kier alpha value is -0.430. The van der Waals surface area contributed by atoms with Crippen LogP contribution in [-0.2, 0) is 5.75 Å². The van der Waals surface area contributed by atoms with Crippen molar-refractivity contribution in [3.05, 3.63) is 35.4 Å². The molecule has 0 saturated heterocycles. The van der Waals surface area contributed by atoms with E-state index in [0.717, 1.165) is 5.25 Å². The van der Waals surface area contributed by atoms with Gasteiger partial charge in [-0.2, -0.15) is 0 Å². The van der Waals surface area contributed by atoms with Gasteiger partial charge in [0, 0.05) is 11.0 Å². The number of benzene rings is 1. The normalized spacial score (nSPS) is 21.7. The summed E-state index contributed by atoms with van der Waals surface area (Å²) < 4.78 is 0. The van der Waals surface area contributed by atoms with Gasteiger partial charge in [-0.15, -0.1) is 11.8 Å². The van der Waals surface area contributed by atoms with Crippen LogP contribution in [0.1, 0.15) is 29.7 Å². The summed E-state index contributed by atoms with van der Waals surface area (Å²) in [4.78, 5) is 0. The van der Waals surface area contributed by atoms with E-state index in [2.05, 4.69) is 43.0 Å². The minimum absolute atomic E-state index is 0.770. The molecule has 0 aromatic heterocycles. The number of thioether (sulfide) groups is 1. The largest absolute Gasteiger partial charge is 0.149 e. The van der Waals surface area contributed by atoms with Crippen LogP contribution in [0.25, 0.3) is 0 Å². The van der Waals surface area contributed by atoms with Gasteiger partial charge in [-0.05, 0) is 17.5 Å². The zero-order valence-corrected chi connectivity index (χ0v) is 7.53. The summed E-state index contributed by atoms with van der Waals surface area (Å²) >= 11 is 2.07.